The third-order valence-corrected chi connectivity index (χ3v) is 3.15. The van der Waals surface area contributed by atoms with Gasteiger partial charge in [-0.15, -0.1) is 0 Å². The molecule has 0 bridgehead atoms. The summed E-state index contributed by atoms with van der Waals surface area (Å²) in [6, 6.07) is 11.1. The molecule has 5 heteroatoms. The van der Waals surface area contributed by atoms with Gasteiger partial charge in [-0.05, 0) is 35.9 Å². The van der Waals surface area contributed by atoms with Gasteiger partial charge in [-0.1, -0.05) is 23.7 Å². The van der Waals surface area contributed by atoms with Gasteiger partial charge < -0.3 is 10.6 Å². The molecule has 2 N–H and O–H groups in total. The first-order chi connectivity index (χ1) is 9.47. The molecule has 1 amide bonds. The van der Waals surface area contributed by atoms with Gasteiger partial charge in [0.1, 0.15) is 5.82 Å². The standard InChI is InChI=1S/C15H14ClFN2O/c1-19(9-10-2-4-11(16)5-3-10)15(20)13-8-12(18)6-7-14(13)17/h2-8H,9,18H2,1H3. The van der Waals surface area contributed by atoms with E-state index in [0.717, 1.165) is 5.56 Å². The van der Waals surface area contributed by atoms with Crippen molar-refractivity contribution in [1.29, 1.82) is 0 Å². The molecule has 0 aliphatic rings. The van der Waals surface area contributed by atoms with Crippen molar-refractivity contribution in [3.05, 3.63) is 64.4 Å². The predicted octanol–water partition coefficient (Wildman–Crippen LogP) is 3.33. The molecule has 2 rings (SSSR count). The van der Waals surface area contributed by atoms with Crippen LogP contribution in [0.1, 0.15) is 15.9 Å². The van der Waals surface area contributed by atoms with Crippen LogP contribution >= 0.6 is 11.6 Å². The fourth-order valence-corrected chi connectivity index (χ4v) is 1.97. The SMILES string of the molecule is CN(Cc1ccc(Cl)cc1)C(=O)c1cc(N)ccc1F. The number of benzene rings is 2. The van der Waals surface area contributed by atoms with Crippen LogP contribution in [-0.2, 0) is 6.54 Å². The molecule has 0 fully saturated rings. The Bertz CT molecular complexity index is 628. The lowest BCUT2D eigenvalue weighted by Gasteiger charge is -2.18. The second kappa shape index (κ2) is 5.92. The van der Waals surface area contributed by atoms with E-state index >= 15 is 0 Å². The quantitative estimate of drug-likeness (QED) is 0.882. The summed E-state index contributed by atoms with van der Waals surface area (Å²) in [5, 5.41) is 0.629. The molecule has 0 saturated carbocycles. The summed E-state index contributed by atoms with van der Waals surface area (Å²) in [4.78, 5) is 13.6. The van der Waals surface area contributed by atoms with Crippen molar-refractivity contribution in [3.8, 4) is 0 Å². The third-order valence-electron chi connectivity index (χ3n) is 2.90. The van der Waals surface area contributed by atoms with Crippen molar-refractivity contribution in [2.75, 3.05) is 12.8 Å². The number of nitrogen functional groups attached to an aromatic ring is 1. The zero-order chi connectivity index (χ0) is 14.7. The van der Waals surface area contributed by atoms with Crippen molar-refractivity contribution in [2.24, 2.45) is 0 Å². The van der Waals surface area contributed by atoms with E-state index in [2.05, 4.69) is 0 Å². The number of anilines is 1. The van der Waals surface area contributed by atoms with Crippen LogP contribution < -0.4 is 5.73 Å². The minimum Gasteiger partial charge on any atom is -0.399 e. The lowest BCUT2D eigenvalue weighted by atomic mass is 10.1. The Morgan fingerprint density at radius 1 is 1.25 bits per heavy atom. The summed E-state index contributed by atoms with van der Waals surface area (Å²) < 4.78 is 13.7. The molecule has 0 radical (unpaired) electrons. The van der Waals surface area contributed by atoms with Crippen LogP contribution in [0.2, 0.25) is 5.02 Å². The summed E-state index contributed by atoms with van der Waals surface area (Å²) >= 11 is 5.80. The van der Waals surface area contributed by atoms with Crippen molar-refractivity contribution >= 4 is 23.2 Å². The molecule has 0 unspecified atom stereocenters. The van der Waals surface area contributed by atoms with Crippen molar-refractivity contribution in [1.82, 2.24) is 4.90 Å². The van der Waals surface area contributed by atoms with Gasteiger partial charge in [-0.2, -0.15) is 0 Å². The highest BCUT2D eigenvalue weighted by Gasteiger charge is 2.16. The average Bonchev–Trinajstić information content (AvgIpc) is 2.43. The fraction of sp³-hybridized carbons (Fsp3) is 0.133. The highest BCUT2D eigenvalue weighted by atomic mass is 35.5. The summed E-state index contributed by atoms with van der Waals surface area (Å²) in [5.41, 5.74) is 6.82. The summed E-state index contributed by atoms with van der Waals surface area (Å²) in [6.07, 6.45) is 0. The summed E-state index contributed by atoms with van der Waals surface area (Å²) in [7, 11) is 1.61. The second-order valence-corrected chi connectivity index (χ2v) is 4.96. The van der Waals surface area contributed by atoms with Crippen molar-refractivity contribution in [2.45, 2.75) is 6.54 Å². The monoisotopic (exact) mass is 292 g/mol. The Kier molecular flexibility index (Phi) is 4.25. The smallest absolute Gasteiger partial charge is 0.256 e. The molecule has 0 saturated heterocycles. The second-order valence-electron chi connectivity index (χ2n) is 4.53. The molecule has 0 aliphatic carbocycles. The van der Waals surface area contributed by atoms with Crippen LogP contribution in [0.3, 0.4) is 0 Å². The minimum absolute atomic E-state index is 0.0264. The number of carbonyl (C=O) groups excluding carboxylic acids is 1. The normalized spacial score (nSPS) is 10.3. The first kappa shape index (κ1) is 14.3. The lowest BCUT2D eigenvalue weighted by molar-refractivity contribution is 0.0780. The Hall–Kier alpha value is -2.07. The zero-order valence-corrected chi connectivity index (χ0v) is 11.7. The van der Waals surface area contributed by atoms with E-state index in [4.69, 9.17) is 17.3 Å². The van der Waals surface area contributed by atoms with Gasteiger partial charge >= 0.3 is 0 Å². The Morgan fingerprint density at radius 3 is 2.55 bits per heavy atom. The van der Waals surface area contributed by atoms with Gasteiger partial charge in [0.15, 0.2) is 0 Å². The van der Waals surface area contributed by atoms with E-state index in [-0.39, 0.29) is 5.56 Å². The first-order valence-electron chi connectivity index (χ1n) is 6.02. The van der Waals surface area contributed by atoms with Crippen molar-refractivity contribution < 1.29 is 9.18 Å². The van der Waals surface area contributed by atoms with Gasteiger partial charge in [0.05, 0.1) is 5.56 Å². The van der Waals surface area contributed by atoms with Crippen LogP contribution in [-0.4, -0.2) is 17.9 Å². The molecule has 0 aliphatic heterocycles. The van der Waals surface area contributed by atoms with Gasteiger partial charge in [0.25, 0.3) is 5.91 Å². The van der Waals surface area contributed by atoms with Crippen LogP contribution in [0, 0.1) is 5.82 Å². The first-order valence-corrected chi connectivity index (χ1v) is 6.40. The molecular weight excluding hydrogens is 279 g/mol. The number of rotatable bonds is 3. The molecule has 2 aromatic rings. The Morgan fingerprint density at radius 2 is 1.90 bits per heavy atom. The molecule has 3 nitrogen and oxygen atoms in total. The van der Waals surface area contributed by atoms with E-state index in [1.54, 1.807) is 19.2 Å². The number of hydrogen-bond acceptors (Lipinski definition) is 2. The maximum atomic E-state index is 13.7. The number of carbonyl (C=O) groups is 1. The van der Waals surface area contributed by atoms with Crippen molar-refractivity contribution in [3.63, 3.8) is 0 Å². The van der Waals surface area contributed by atoms with Gasteiger partial charge in [-0.25, -0.2) is 4.39 Å². The molecule has 0 heterocycles. The highest BCUT2D eigenvalue weighted by molar-refractivity contribution is 6.30. The average molecular weight is 293 g/mol. The van der Waals surface area contributed by atoms with E-state index in [9.17, 15) is 9.18 Å². The van der Waals surface area contributed by atoms with Gasteiger partial charge in [0.2, 0.25) is 0 Å². The van der Waals surface area contributed by atoms with Gasteiger partial charge in [-0.3, -0.25) is 4.79 Å². The Balaban J connectivity index is 2.16. The minimum atomic E-state index is -0.577. The molecule has 0 aromatic heterocycles. The predicted molar refractivity (Wildman–Crippen MR) is 78.1 cm³/mol. The van der Waals surface area contributed by atoms with E-state index in [1.807, 2.05) is 12.1 Å². The molecule has 20 heavy (non-hydrogen) atoms. The summed E-state index contributed by atoms with van der Waals surface area (Å²) in [5.74, 6) is -0.989. The van der Waals surface area contributed by atoms with E-state index in [1.165, 1.54) is 23.1 Å². The maximum absolute atomic E-state index is 13.7. The van der Waals surface area contributed by atoms with Crippen LogP contribution in [0.5, 0.6) is 0 Å². The van der Waals surface area contributed by atoms with E-state index in [0.29, 0.717) is 17.3 Å². The largest absolute Gasteiger partial charge is 0.399 e. The topological polar surface area (TPSA) is 46.3 Å². The zero-order valence-electron chi connectivity index (χ0n) is 10.9. The van der Waals surface area contributed by atoms with Crippen LogP contribution in [0.25, 0.3) is 0 Å². The molecule has 0 atom stereocenters. The lowest BCUT2D eigenvalue weighted by Crippen LogP contribution is -2.27. The molecular formula is C15H14ClFN2O. The maximum Gasteiger partial charge on any atom is 0.256 e. The third kappa shape index (κ3) is 3.27. The van der Waals surface area contributed by atoms with Gasteiger partial charge in [0, 0.05) is 24.3 Å². The number of hydrogen-bond donors (Lipinski definition) is 1. The summed E-state index contributed by atoms with van der Waals surface area (Å²) in [6.45, 7) is 0.365. The van der Waals surface area contributed by atoms with Crippen LogP contribution in [0.15, 0.2) is 42.5 Å². The number of nitrogens with zero attached hydrogens (tertiary/aromatic N) is 1. The molecule has 0 spiro atoms. The number of nitrogens with two attached hydrogens (primary N) is 1. The molecule has 2 aromatic carbocycles. The van der Waals surface area contributed by atoms with Crippen LogP contribution in [0.4, 0.5) is 10.1 Å². The molecule has 104 valence electrons. The number of halogens is 2. The highest BCUT2D eigenvalue weighted by Crippen LogP contribution is 2.16. The Labute approximate surface area is 121 Å². The van der Waals surface area contributed by atoms with E-state index < -0.39 is 11.7 Å². The number of amides is 1. The fourth-order valence-electron chi connectivity index (χ4n) is 1.85.